The third-order valence-electron chi connectivity index (χ3n) is 4.62. The van der Waals surface area contributed by atoms with Gasteiger partial charge in [0.2, 0.25) is 5.91 Å². The molecular formula is C23H25N3O3S. The summed E-state index contributed by atoms with van der Waals surface area (Å²) in [5.41, 5.74) is 3.35. The molecule has 7 heteroatoms. The Morgan fingerprint density at radius 3 is 2.63 bits per heavy atom. The number of amides is 1. The van der Waals surface area contributed by atoms with Gasteiger partial charge < -0.3 is 10.1 Å². The van der Waals surface area contributed by atoms with Gasteiger partial charge in [-0.1, -0.05) is 30.0 Å². The third kappa shape index (κ3) is 5.10. The Labute approximate surface area is 180 Å². The Balaban J connectivity index is 1.77. The number of aromatic nitrogens is 2. The Bertz CT molecular complexity index is 1110. The Morgan fingerprint density at radius 2 is 1.90 bits per heavy atom. The van der Waals surface area contributed by atoms with Gasteiger partial charge in [-0.25, -0.2) is 0 Å². The van der Waals surface area contributed by atoms with Gasteiger partial charge in [0.05, 0.1) is 23.2 Å². The molecule has 156 valence electrons. The van der Waals surface area contributed by atoms with Crippen LogP contribution < -0.4 is 15.6 Å². The molecule has 1 N–H and O–H groups in total. The van der Waals surface area contributed by atoms with Crippen molar-refractivity contribution >= 4 is 23.4 Å². The molecule has 30 heavy (non-hydrogen) atoms. The van der Waals surface area contributed by atoms with Crippen LogP contribution in [0.4, 0.5) is 5.69 Å². The summed E-state index contributed by atoms with van der Waals surface area (Å²) in [5, 5.41) is 7.53. The topological polar surface area (TPSA) is 73.2 Å². The highest BCUT2D eigenvalue weighted by Crippen LogP contribution is 2.26. The van der Waals surface area contributed by atoms with Crippen molar-refractivity contribution in [2.75, 3.05) is 11.9 Å². The van der Waals surface area contributed by atoms with E-state index in [4.69, 9.17) is 4.74 Å². The normalized spacial score (nSPS) is 11.7. The van der Waals surface area contributed by atoms with E-state index in [0.717, 1.165) is 11.1 Å². The minimum atomic E-state index is -0.419. The summed E-state index contributed by atoms with van der Waals surface area (Å²) >= 11 is 1.29. The molecule has 1 atom stereocenters. The first-order valence-electron chi connectivity index (χ1n) is 9.76. The first-order valence-corrected chi connectivity index (χ1v) is 10.6. The van der Waals surface area contributed by atoms with Crippen LogP contribution in [0.15, 0.2) is 64.4 Å². The fourth-order valence-electron chi connectivity index (χ4n) is 2.82. The quantitative estimate of drug-likeness (QED) is 0.572. The standard InChI is InChI=1S/C23H25N3O3S/c1-5-29-20-9-7-6-8-19(20)24-23(28)17(4)30-21-12-13-22(27)26(25-21)18-11-10-15(2)16(3)14-18/h6-14,17H,5H2,1-4H3,(H,24,28). The molecule has 0 saturated heterocycles. The molecule has 0 radical (unpaired) electrons. The third-order valence-corrected chi connectivity index (χ3v) is 5.65. The monoisotopic (exact) mass is 423 g/mol. The van der Waals surface area contributed by atoms with Gasteiger partial charge in [0.25, 0.3) is 5.56 Å². The molecule has 0 saturated carbocycles. The van der Waals surface area contributed by atoms with E-state index in [2.05, 4.69) is 10.4 Å². The number of carbonyl (C=O) groups excluding carboxylic acids is 1. The average molecular weight is 424 g/mol. The van der Waals surface area contributed by atoms with Crippen LogP contribution in [0.25, 0.3) is 5.69 Å². The lowest BCUT2D eigenvalue weighted by molar-refractivity contribution is -0.115. The first-order chi connectivity index (χ1) is 14.4. The van der Waals surface area contributed by atoms with Crippen LogP contribution in [-0.4, -0.2) is 27.5 Å². The lowest BCUT2D eigenvalue weighted by Crippen LogP contribution is -2.24. The van der Waals surface area contributed by atoms with Gasteiger partial charge in [0.15, 0.2) is 0 Å². The second-order valence-corrected chi connectivity index (χ2v) is 8.23. The van der Waals surface area contributed by atoms with Crippen LogP contribution in [0.2, 0.25) is 0 Å². The maximum Gasteiger partial charge on any atom is 0.271 e. The van der Waals surface area contributed by atoms with E-state index in [0.29, 0.717) is 28.8 Å². The van der Waals surface area contributed by atoms with E-state index in [-0.39, 0.29) is 11.5 Å². The molecule has 2 aromatic carbocycles. The van der Waals surface area contributed by atoms with Gasteiger partial charge in [-0.3, -0.25) is 9.59 Å². The summed E-state index contributed by atoms with van der Waals surface area (Å²) in [6.07, 6.45) is 0. The van der Waals surface area contributed by atoms with Crippen molar-refractivity contribution in [1.29, 1.82) is 0 Å². The number of thioether (sulfide) groups is 1. The van der Waals surface area contributed by atoms with Crippen LogP contribution in [0.3, 0.4) is 0 Å². The number of carbonyl (C=O) groups is 1. The number of ether oxygens (including phenoxy) is 1. The van der Waals surface area contributed by atoms with Crippen LogP contribution >= 0.6 is 11.8 Å². The molecule has 0 bridgehead atoms. The molecule has 3 rings (SSSR count). The van der Waals surface area contributed by atoms with E-state index < -0.39 is 5.25 Å². The number of aryl methyl sites for hydroxylation is 2. The number of hydrogen-bond donors (Lipinski definition) is 1. The highest BCUT2D eigenvalue weighted by molar-refractivity contribution is 8.00. The molecule has 1 aromatic heterocycles. The highest BCUT2D eigenvalue weighted by atomic mass is 32.2. The van der Waals surface area contributed by atoms with Crippen molar-refractivity contribution in [2.45, 2.75) is 38.0 Å². The summed E-state index contributed by atoms with van der Waals surface area (Å²) < 4.78 is 6.92. The van der Waals surface area contributed by atoms with Crippen molar-refractivity contribution in [3.05, 3.63) is 76.1 Å². The molecular weight excluding hydrogens is 398 g/mol. The molecule has 0 spiro atoms. The smallest absolute Gasteiger partial charge is 0.271 e. The maximum atomic E-state index is 12.7. The van der Waals surface area contributed by atoms with Crippen molar-refractivity contribution < 1.29 is 9.53 Å². The van der Waals surface area contributed by atoms with Gasteiger partial charge in [0.1, 0.15) is 10.8 Å². The van der Waals surface area contributed by atoms with Crippen LogP contribution in [0, 0.1) is 13.8 Å². The van der Waals surface area contributed by atoms with Crippen molar-refractivity contribution in [3.8, 4) is 11.4 Å². The molecule has 0 aliphatic carbocycles. The lowest BCUT2D eigenvalue weighted by atomic mass is 10.1. The van der Waals surface area contributed by atoms with Gasteiger partial charge >= 0.3 is 0 Å². The summed E-state index contributed by atoms with van der Waals surface area (Å²) in [7, 11) is 0. The van der Waals surface area contributed by atoms with E-state index in [1.54, 1.807) is 19.1 Å². The highest BCUT2D eigenvalue weighted by Gasteiger charge is 2.18. The van der Waals surface area contributed by atoms with Gasteiger partial charge in [-0.2, -0.15) is 9.78 Å². The number of rotatable bonds is 7. The lowest BCUT2D eigenvalue weighted by Gasteiger charge is -2.15. The number of hydrogen-bond acceptors (Lipinski definition) is 5. The van der Waals surface area contributed by atoms with Crippen LogP contribution in [-0.2, 0) is 4.79 Å². The minimum Gasteiger partial charge on any atom is -0.492 e. The van der Waals surface area contributed by atoms with Crippen LogP contribution in [0.5, 0.6) is 5.75 Å². The Kier molecular flexibility index (Phi) is 6.95. The fourth-order valence-corrected chi connectivity index (χ4v) is 3.62. The number of nitrogens with zero attached hydrogens (tertiary/aromatic N) is 2. The zero-order valence-electron chi connectivity index (χ0n) is 17.5. The predicted octanol–water partition coefficient (Wildman–Crippen LogP) is 4.37. The molecule has 1 heterocycles. The SMILES string of the molecule is CCOc1ccccc1NC(=O)C(C)Sc1ccc(=O)n(-c2ccc(C)c(C)c2)n1. The van der Waals surface area contributed by atoms with Crippen LogP contribution in [0.1, 0.15) is 25.0 Å². The summed E-state index contributed by atoms with van der Waals surface area (Å²) in [6.45, 7) is 8.23. The number of para-hydroxylation sites is 2. The number of nitrogens with one attached hydrogen (secondary N) is 1. The zero-order valence-corrected chi connectivity index (χ0v) is 18.3. The van der Waals surface area contributed by atoms with Crippen molar-refractivity contribution in [2.24, 2.45) is 0 Å². The minimum absolute atomic E-state index is 0.169. The summed E-state index contributed by atoms with van der Waals surface area (Å²) in [5.74, 6) is 0.463. The van der Waals surface area contributed by atoms with E-state index in [9.17, 15) is 9.59 Å². The molecule has 0 aliphatic rings. The Hall–Kier alpha value is -3.06. The fraction of sp³-hybridized carbons (Fsp3) is 0.261. The largest absolute Gasteiger partial charge is 0.492 e. The first kappa shape index (κ1) is 21.6. The van der Waals surface area contributed by atoms with E-state index in [1.165, 1.54) is 22.5 Å². The second kappa shape index (κ2) is 9.63. The Morgan fingerprint density at radius 1 is 1.13 bits per heavy atom. The molecule has 6 nitrogen and oxygen atoms in total. The molecule has 1 unspecified atom stereocenters. The molecule has 0 fully saturated rings. The van der Waals surface area contributed by atoms with Gasteiger partial charge in [0, 0.05) is 6.07 Å². The van der Waals surface area contributed by atoms with Crippen molar-refractivity contribution in [1.82, 2.24) is 9.78 Å². The molecule has 3 aromatic rings. The predicted molar refractivity (Wildman–Crippen MR) is 121 cm³/mol. The van der Waals surface area contributed by atoms with Gasteiger partial charge in [-0.15, -0.1) is 0 Å². The zero-order chi connectivity index (χ0) is 21.7. The summed E-state index contributed by atoms with van der Waals surface area (Å²) in [6, 6.07) is 16.2. The average Bonchev–Trinajstić information content (AvgIpc) is 2.73. The number of benzene rings is 2. The molecule has 1 amide bonds. The maximum absolute atomic E-state index is 12.7. The van der Waals surface area contributed by atoms with E-state index in [1.807, 2.05) is 57.2 Å². The van der Waals surface area contributed by atoms with E-state index >= 15 is 0 Å². The summed E-state index contributed by atoms with van der Waals surface area (Å²) in [4.78, 5) is 25.0. The second-order valence-electron chi connectivity index (χ2n) is 6.87. The molecule has 0 aliphatic heterocycles. The number of anilines is 1. The van der Waals surface area contributed by atoms with Gasteiger partial charge in [-0.05, 0) is 69.2 Å². The van der Waals surface area contributed by atoms with Crippen molar-refractivity contribution in [3.63, 3.8) is 0 Å².